The summed E-state index contributed by atoms with van der Waals surface area (Å²) < 4.78 is 16.9. The Kier molecular flexibility index (Phi) is 8.05. The molecule has 4 heterocycles. The molecular weight excluding hydrogens is 558 g/mol. The third-order valence-electron chi connectivity index (χ3n) is 8.25. The maximum Gasteiger partial charge on any atom is 0.410 e. The van der Waals surface area contributed by atoms with Crippen LogP contribution in [0.15, 0.2) is 72.2 Å². The number of rotatable bonds is 8. The smallest absolute Gasteiger partial charge is 0.410 e. The summed E-state index contributed by atoms with van der Waals surface area (Å²) in [5.74, 6) is 1.34. The van der Waals surface area contributed by atoms with Gasteiger partial charge in [-0.15, -0.1) is 11.3 Å². The standard InChI is InChI=1S/C35H39N3O4S/c1-35(2,3)42-34(40)37-17-14-25(15-18-37)23-41-26-11-9-24(10-12-26)13-19-38-22-28(27-7-5-6-8-29(27)38)33(39)31-21-32-30(36(31)4)16-20-43-32/h5-12,16,20-22,25H,13-15,17-19,23H2,1-4H3. The van der Waals surface area contributed by atoms with Crippen molar-refractivity contribution in [3.8, 4) is 5.75 Å². The van der Waals surface area contributed by atoms with E-state index in [4.69, 9.17) is 9.47 Å². The van der Waals surface area contributed by atoms with Crippen molar-refractivity contribution in [3.63, 3.8) is 0 Å². The second-order valence-corrected chi connectivity index (χ2v) is 13.4. The second-order valence-electron chi connectivity index (χ2n) is 12.5. The fourth-order valence-electron chi connectivity index (χ4n) is 5.84. The highest BCUT2D eigenvalue weighted by atomic mass is 32.1. The molecule has 2 aromatic carbocycles. The van der Waals surface area contributed by atoms with Gasteiger partial charge in [0.2, 0.25) is 5.78 Å². The Hall–Kier alpha value is -4.04. The van der Waals surface area contributed by atoms with Gasteiger partial charge in [0.15, 0.2) is 0 Å². The van der Waals surface area contributed by atoms with Gasteiger partial charge in [-0.3, -0.25) is 4.79 Å². The van der Waals surface area contributed by atoms with E-state index in [1.165, 1.54) is 5.56 Å². The summed E-state index contributed by atoms with van der Waals surface area (Å²) in [4.78, 5) is 27.8. The molecule has 0 radical (unpaired) electrons. The molecule has 1 amide bonds. The molecule has 1 fully saturated rings. The number of carbonyl (C=O) groups excluding carboxylic acids is 2. The van der Waals surface area contributed by atoms with Gasteiger partial charge < -0.3 is 23.5 Å². The van der Waals surface area contributed by atoms with Crippen LogP contribution in [0, 0.1) is 5.92 Å². The minimum absolute atomic E-state index is 0.0536. The quantitative estimate of drug-likeness (QED) is 0.172. The van der Waals surface area contributed by atoms with Gasteiger partial charge in [0.25, 0.3) is 0 Å². The number of fused-ring (bicyclic) bond motifs is 2. The summed E-state index contributed by atoms with van der Waals surface area (Å²) in [5.41, 5.74) is 4.36. The van der Waals surface area contributed by atoms with E-state index in [0.29, 0.717) is 31.3 Å². The lowest BCUT2D eigenvalue weighted by Gasteiger charge is -2.33. The number of ketones is 1. The Bertz CT molecular complexity index is 1750. The van der Waals surface area contributed by atoms with Gasteiger partial charge in [-0.05, 0) is 87.2 Å². The van der Waals surface area contributed by atoms with E-state index in [0.717, 1.165) is 58.2 Å². The lowest BCUT2D eigenvalue weighted by Crippen LogP contribution is -2.42. The Morgan fingerprint density at radius 2 is 1.72 bits per heavy atom. The van der Waals surface area contributed by atoms with Gasteiger partial charge >= 0.3 is 6.09 Å². The third-order valence-corrected chi connectivity index (χ3v) is 9.10. The number of ether oxygens (including phenoxy) is 2. The van der Waals surface area contributed by atoms with E-state index in [-0.39, 0.29) is 11.9 Å². The van der Waals surface area contributed by atoms with Crippen molar-refractivity contribution in [2.75, 3.05) is 19.7 Å². The van der Waals surface area contributed by atoms with Crippen LogP contribution in [0.3, 0.4) is 0 Å². The number of nitrogens with zero attached hydrogens (tertiary/aromatic N) is 3. The summed E-state index contributed by atoms with van der Waals surface area (Å²) in [6, 6.07) is 20.5. The van der Waals surface area contributed by atoms with Gasteiger partial charge in [0.1, 0.15) is 11.4 Å². The maximum atomic E-state index is 13.7. The van der Waals surface area contributed by atoms with Gasteiger partial charge in [0, 0.05) is 49.3 Å². The molecule has 0 unspecified atom stereocenters. The first-order valence-corrected chi connectivity index (χ1v) is 15.9. The van der Waals surface area contributed by atoms with Crippen LogP contribution in [-0.2, 0) is 24.8 Å². The number of benzene rings is 2. The van der Waals surface area contributed by atoms with Crippen molar-refractivity contribution < 1.29 is 19.1 Å². The highest BCUT2D eigenvalue weighted by Gasteiger charge is 2.27. The number of aryl methyl sites for hydroxylation is 3. The topological polar surface area (TPSA) is 65.7 Å². The Labute approximate surface area is 256 Å². The first-order valence-electron chi connectivity index (χ1n) is 15.0. The minimum atomic E-state index is -0.472. The number of thiophene rings is 1. The molecule has 6 rings (SSSR count). The van der Waals surface area contributed by atoms with Crippen molar-refractivity contribution in [1.82, 2.24) is 14.0 Å². The lowest BCUT2D eigenvalue weighted by atomic mass is 9.98. The molecule has 1 aliphatic heterocycles. The van der Waals surface area contributed by atoms with Crippen LogP contribution in [0.2, 0.25) is 0 Å². The number of amides is 1. The van der Waals surface area contributed by atoms with Gasteiger partial charge in [-0.25, -0.2) is 4.79 Å². The molecule has 3 aromatic heterocycles. The molecule has 5 aromatic rings. The normalized spacial score (nSPS) is 14.5. The molecule has 0 atom stereocenters. The van der Waals surface area contributed by atoms with E-state index in [9.17, 15) is 9.59 Å². The van der Waals surface area contributed by atoms with Gasteiger partial charge in [-0.1, -0.05) is 30.3 Å². The van der Waals surface area contributed by atoms with E-state index < -0.39 is 5.60 Å². The average molecular weight is 598 g/mol. The summed E-state index contributed by atoms with van der Waals surface area (Å²) in [6.07, 6.45) is 4.45. The van der Waals surface area contributed by atoms with E-state index in [1.807, 2.05) is 75.0 Å². The highest BCUT2D eigenvalue weighted by molar-refractivity contribution is 7.17. The lowest BCUT2D eigenvalue weighted by molar-refractivity contribution is 0.0165. The molecular formula is C35H39N3O4S. The number of hydrogen-bond acceptors (Lipinski definition) is 5. The molecule has 1 aliphatic rings. The molecule has 1 saturated heterocycles. The fraction of sp³-hybridized carbons (Fsp3) is 0.371. The molecule has 43 heavy (non-hydrogen) atoms. The molecule has 8 heteroatoms. The molecule has 0 saturated carbocycles. The maximum absolute atomic E-state index is 13.7. The monoisotopic (exact) mass is 597 g/mol. The molecule has 0 bridgehead atoms. The molecule has 0 spiro atoms. The van der Waals surface area contributed by atoms with Crippen LogP contribution in [0.1, 0.15) is 55.2 Å². The molecule has 0 aliphatic carbocycles. The molecule has 0 N–H and O–H groups in total. The SMILES string of the molecule is Cn1c(C(=O)c2cn(CCc3ccc(OCC4CCN(C(=O)OC(C)(C)C)CC4)cc3)c3ccccc23)cc2sccc21. The number of carbonyl (C=O) groups is 2. The predicted octanol–water partition coefficient (Wildman–Crippen LogP) is 7.69. The minimum Gasteiger partial charge on any atom is -0.493 e. The summed E-state index contributed by atoms with van der Waals surface area (Å²) in [7, 11) is 1.96. The number of para-hydroxylation sites is 1. The largest absolute Gasteiger partial charge is 0.493 e. The Morgan fingerprint density at radius 3 is 2.44 bits per heavy atom. The van der Waals surface area contributed by atoms with Crippen molar-refractivity contribution >= 4 is 44.3 Å². The zero-order chi connectivity index (χ0) is 30.1. The first-order chi connectivity index (χ1) is 20.7. The summed E-state index contributed by atoms with van der Waals surface area (Å²) >= 11 is 1.66. The zero-order valence-corrected chi connectivity index (χ0v) is 26.2. The molecule has 7 nitrogen and oxygen atoms in total. The van der Waals surface area contributed by atoms with E-state index in [1.54, 1.807) is 16.2 Å². The van der Waals surface area contributed by atoms with Crippen LogP contribution < -0.4 is 4.74 Å². The Balaban J connectivity index is 1.05. The first kappa shape index (κ1) is 29.1. The van der Waals surface area contributed by atoms with Crippen molar-refractivity contribution in [3.05, 3.63) is 89.1 Å². The average Bonchev–Trinajstić information content (AvgIpc) is 3.69. The highest BCUT2D eigenvalue weighted by Crippen LogP contribution is 2.29. The van der Waals surface area contributed by atoms with Gasteiger partial charge in [0.05, 0.1) is 22.5 Å². The predicted molar refractivity (Wildman–Crippen MR) is 172 cm³/mol. The van der Waals surface area contributed by atoms with Crippen molar-refractivity contribution in [1.29, 1.82) is 0 Å². The third kappa shape index (κ3) is 6.34. The van der Waals surface area contributed by atoms with Crippen LogP contribution >= 0.6 is 11.3 Å². The van der Waals surface area contributed by atoms with Crippen LogP contribution in [0.4, 0.5) is 4.79 Å². The zero-order valence-electron chi connectivity index (χ0n) is 25.3. The van der Waals surface area contributed by atoms with Gasteiger partial charge in [-0.2, -0.15) is 0 Å². The van der Waals surface area contributed by atoms with E-state index >= 15 is 0 Å². The van der Waals surface area contributed by atoms with Crippen LogP contribution in [-0.4, -0.2) is 51.2 Å². The number of hydrogen-bond donors (Lipinski definition) is 0. The van der Waals surface area contributed by atoms with Crippen molar-refractivity contribution in [2.45, 2.75) is 52.2 Å². The van der Waals surface area contributed by atoms with Crippen LogP contribution in [0.25, 0.3) is 21.1 Å². The van der Waals surface area contributed by atoms with Crippen molar-refractivity contribution in [2.24, 2.45) is 13.0 Å². The Morgan fingerprint density at radius 1 is 0.977 bits per heavy atom. The molecule has 224 valence electrons. The second kappa shape index (κ2) is 11.9. The number of likely N-dealkylation sites (tertiary alicyclic amines) is 1. The van der Waals surface area contributed by atoms with E-state index in [2.05, 4.69) is 34.2 Å². The fourth-order valence-corrected chi connectivity index (χ4v) is 6.69. The number of aromatic nitrogens is 2. The summed E-state index contributed by atoms with van der Waals surface area (Å²) in [5, 5.41) is 3.04. The number of piperidine rings is 1. The van der Waals surface area contributed by atoms with Crippen LogP contribution in [0.5, 0.6) is 5.75 Å². The summed E-state index contributed by atoms with van der Waals surface area (Å²) in [6.45, 7) is 8.50.